The highest BCUT2D eigenvalue weighted by atomic mass is 79.9. The van der Waals surface area contributed by atoms with Crippen LogP contribution in [0.5, 0.6) is 0 Å². The maximum absolute atomic E-state index is 13.1. The molecule has 0 aliphatic heterocycles. The Hall–Kier alpha value is -0.940. The number of halogens is 2. The van der Waals surface area contributed by atoms with Gasteiger partial charge in [-0.15, -0.1) is 0 Å². The van der Waals surface area contributed by atoms with E-state index in [9.17, 15) is 9.18 Å². The maximum Gasteiger partial charge on any atom is 0.251 e. The van der Waals surface area contributed by atoms with Crippen LogP contribution >= 0.6 is 15.9 Å². The Morgan fingerprint density at radius 1 is 1.53 bits per heavy atom. The van der Waals surface area contributed by atoms with Crippen molar-refractivity contribution in [2.75, 3.05) is 6.54 Å². The van der Waals surface area contributed by atoms with Gasteiger partial charge in [0.25, 0.3) is 5.91 Å². The van der Waals surface area contributed by atoms with E-state index < -0.39 is 5.82 Å². The maximum atomic E-state index is 13.1. The van der Waals surface area contributed by atoms with Gasteiger partial charge in [-0.1, -0.05) is 15.9 Å². The summed E-state index contributed by atoms with van der Waals surface area (Å²) in [6.07, 6.45) is 2.28. The van der Waals surface area contributed by atoms with E-state index in [-0.39, 0.29) is 11.9 Å². The van der Waals surface area contributed by atoms with Crippen LogP contribution in [0.2, 0.25) is 0 Å². The predicted octanol–water partition coefficient (Wildman–Crippen LogP) is 2.06. The zero-order valence-corrected chi connectivity index (χ0v) is 10.8. The minimum absolute atomic E-state index is 0.0101. The average Bonchev–Trinajstić information content (AvgIpc) is 3.07. The molecule has 0 radical (unpaired) electrons. The number of amides is 1. The van der Waals surface area contributed by atoms with Gasteiger partial charge in [0.2, 0.25) is 0 Å². The molecule has 92 valence electrons. The van der Waals surface area contributed by atoms with Gasteiger partial charge in [0.15, 0.2) is 0 Å². The number of benzene rings is 1. The van der Waals surface area contributed by atoms with Crippen LogP contribution in [0.1, 0.15) is 23.2 Å². The molecule has 1 aliphatic rings. The molecule has 0 saturated heterocycles. The number of hydrogen-bond acceptors (Lipinski definition) is 2. The van der Waals surface area contributed by atoms with Crippen molar-refractivity contribution >= 4 is 21.8 Å². The lowest BCUT2D eigenvalue weighted by atomic mass is 10.1. The van der Waals surface area contributed by atoms with Crippen molar-refractivity contribution in [3.63, 3.8) is 0 Å². The molecule has 0 heterocycles. The summed E-state index contributed by atoms with van der Waals surface area (Å²) >= 11 is 3.15. The van der Waals surface area contributed by atoms with Gasteiger partial charge in [-0.3, -0.25) is 4.79 Å². The van der Waals surface area contributed by atoms with Crippen LogP contribution in [-0.4, -0.2) is 18.5 Å². The summed E-state index contributed by atoms with van der Waals surface area (Å²) in [4.78, 5) is 11.7. The van der Waals surface area contributed by atoms with Gasteiger partial charge < -0.3 is 11.1 Å². The van der Waals surface area contributed by atoms with Gasteiger partial charge in [0.05, 0.1) is 0 Å². The molecule has 1 aliphatic carbocycles. The molecule has 1 saturated carbocycles. The van der Waals surface area contributed by atoms with Crippen molar-refractivity contribution in [1.29, 1.82) is 0 Å². The first-order valence-electron chi connectivity index (χ1n) is 5.56. The standard InChI is InChI=1S/C12H14BrFN2O/c13-9-3-8(4-10(14)5-9)12(17)16-6-11(15)7-1-2-7/h3-5,7,11H,1-2,6,15H2,(H,16,17). The molecule has 1 amide bonds. The van der Waals surface area contributed by atoms with Crippen LogP contribution < -0.4 is 11.1 Å². The Labute approximate surface area is 108 Å². The van der Waals surface area contributed by atoms with Gasteiger partial charge in [-0.2, -0.15) is 0 Å². The van der Waals surface area contributed by atoms with E-state index in [1.54, 1.807) is 6.07 Å². The minimum atomic E-state index is -0.434. The van der Waals surface area contributed by atoms with Crippen LogP contribution in [0.15, 0.2) is 22.7 Å². The van der Waals surface area contributed by atoms with Crippen molar-refractivity contribution in [2.24, 2.45) is 11.7 Å². The highest BCUT2D eigenvalue weighted by molar-refractivity contribution is 9.10. The predicted molar refractivity (Wildman–Crippen MR) is 67.1 cm³/mol. The lowest BCUT2D eigenvalue weighted by molar-refractivity contribution is 0.0950. The van der Waals surface area contributed by atoms with Crippen molar-refractivity contribution in [2.45, 2.75) is 18.9 Å². The topological polar surface area (TPSA) is 55.1 Å². The molecular formula is C12H14BrFN2O. The van der Waals surface area contributed by atoms with Gasteiger partial charge in [-0.05, 0) is 37.0 Å². The third-order valence-corrected chi connectivity index (χ3v) is 3.31. The lowest BCUT2D eigenvalue weighted by Gasteiger charge is -2.11. The van der Waals surface area contributed by atoms with Gasteiger partial charge in [-0.25, -0.2) is 4.39 Å². The monoisotopic (exact) mass is 300 g/mol. The fourth-order valence-electron chi connectivity index (χ4n) is 1.69. The molecule has 1 aromatic rings. The molecule has 1 unspecified atom stereocenters. The van der Waals surface area contributed by atoms with Crippen molar-refractivity contribution < 1.29 is 9.18 Å². The molecule has 3 N–H and O–H groups in total. The molecule has 1 fully saturated rings. The minimum Gasteiger partial charge on any atom is -0.350 e. The number of hydrogen-bond donors (Lipinski definition) is 2. The Balaban J connectivity index is 1.94. The molecule has 1 aromatic carbocycles. The smallest absolute Gasteiger partial charge is 0.251 e. The summed E-state index contributed by atoms with van der Waals surface area (Å²) in [6, 6.07) is 4.12. The van der Waals surface area contributed by atoms with Crippen LogP contribution in [0.25, 0.3) is 0 Å². The Morgan fingerprint density at radius 3 is 2.82 bits per heavy atom. The molecule has 2 rings (SSSR count). The van der Waals surface area contributed by atoms with Crippen molar-refractivity contribution in [1.82, 2.24) is 5.32 Å². The van der Waals surface area contributed by atoms with E-state index >= 15 is 0 Å². The fourth-order valence-corrected chi connectivity index (χ4v) is 2.15. The van der Waals surface area contributed by atoms with E-state index in [1.807, 2.05) is 0 Å². The summed E-state index contributed by atoms with van der Waals surface area (Å²) in [5.41, 5.74) is 6.17. The van der Waals surface area contributed by atoms with E-state index in [2.05, 4.69) is 21.2 Å². The van der Waals surface area contributed by atoms with E-state index in [0.29, 0.717) is 22.5 Å². The summed E-state index contributed by atoms with van der Waals surface area (Å²) in [6.45, 7) is 0.442. The second-order valence-electron chi connectivity index (χ2n) is 4.37. The third-order valence-electron chi connectivity index (χ3n) is 2.85. The summed E-state index contributed by atoms with van der Waals surface area (Å²) < 4.78 is 13.6. The SMILES string of the molecule is NC(CNC(=O)c1cc(F)cc(Br)c1)C1CC1. The van der Waals surface area contributed by atoms with E-state index in [0.717, 1.165) is 12.8 Å². The highest BCUT2D eigenvalue weighted by Gasteiger charge is 2.28. The Morgan fingerprint density at radius 2 is 2.24 bits per heavy atom. The lowest BCUT2D eigenvalue weighted by Crippen LogP contribution is -2.38. The molecule has 3 nitrogen and oxygen atoms in total. The number of nitrogens with two attached hydrogens (primary N) is 1. The summed E-state index contributed by atoms with van der Waals surface area (Å²) in [5.74, 6) is -0.188. The molecule has 17 heavy (non-hydrogen) atoms. The highest BCUT2D eigenvalue weighted by Crippen LogP contribution is 2.31. The number of carbonyl (C=O) groups excluding carboxylic acids is 1. The van der Waals surface area contributed by atoms with Gasteiger partial charge in [0, 0.05) is 22.6 Å². The summed E-state index contributed by atoms with van der Waals surface area (Å²) in [7, 11) is 0. The first kappa shape index (κ1) is 12.5. The molecule has 0 aromatic heterocycles. The third kappa shape index (κ3) is 3.51. The Bertz CT molecular complexity index is 414. The van der Waals surface area contributed by atoms with Crippen molar-refractivity contribution in [3.05, 3.63) is 34.1 Å². The van der Waals surface area contributed by atoms with Crippen molar-refractivity contribution in [3.8, 4) is 0 Å². The number of carbonyl (C=O) groups is 1. The van der Waals surface area contributed by atoms with Crippen LogP contribution in [0, 0.1) is 11.7 Å². The number of rotatable bonds is 4. The van der Waals surface area contributed by atoms with Crippen LogP contribution in [0.3, 0.4) is 0 Å². The van der Waals surface area contributed by atoms with Gasteiger partial charge in [0.1, 0.15) is 5.82 Å². The van der Waals surface area contributed by atoms with Gasteiger partial charge >= 0.3 is 0 Å². The molecular weight excluding hydrogens is 287 g/mol. The van der Waals surface area contributed by atoms with E-state index in [4.69, 9.17) is 5.73 Å². The average molecular weight is 301 g/mol. The number of nitrogens with one attached hydrogen (secondary N) is 1. The second kappa shape index (κ2) is 5.14. The second-order valence-corrected chi connectivity index (χ2v) is 5.29. The molecule has 0 spiro atoms. The first-order valence-corrected chi connectivity index (χ1v) is 6.35. The fraction of sp³-hybridized carbons (Fsp3) is 0.417. The summed E-state index contributed by atoms with van der Waals surface area (Å²) in [5, 5.41) is 2.72. The Kier molecular flexibility index (Phi) is 3.79. The molecule has 0 bridgehead atoms. The largest absolute Gasteiger partial charge is 0.350 e. The van der Waals surface area contributed by atoms with E-state index in [1.165, 1.54) is 12.1 Å². The quantitative estimate of drug-likeness (QED) is 0.894. The molecule has 5 heteroatoms. The van der Waals surface area contributed by atoms with Crippen LogP contribution in [-0.2, 0) is 0 Å². The molecule has 1 atom stereocenters. The zero-order chi connectivity index (χ0) is 12.4. The normalized spacial score (nSPS) is 16.6. The first-order chi connectivity index (χ1) is 8.06. The van der Waals surface area contributed by atoms with Crippen LogP contribution in [0.4, 0.5) is 4.39 Å². The zero-order valence-electron chi connectivity index (χ0n) is 9.25.